The van der Waals surface area contributed by atoms with E-state index >= 15 is 0 Å². The van der Waals surface area contributed by atoms with E-state index in [2.05, 4.69) is 20.8 Å². The lowest BCUT2D eigenvalue weighted by atomic mass is 9.83. The third-order valence-corrected chi connectivity index (χ3v) is 5.58. The first-order valence-electron chi connectivity index (χ1n) is 10.2. The minimum absolute atomic E-state index is 0.0637. The Morgan fingerprint density at radius 2 is 2.10 bits per heavy atom. The smallest absolute Gasteiger partial charge is 0.341 e. The van der Waals surface area contributed by atoms with Crippen LogP contribution < -0.4 is 5.43 Å². The van der Waals surface area contributed by atoms with E-state index in [0.717, 1.165) is 11.3 Å². The van der Waals surface area contributed by atoms with Gasteiger partial charge >= 0.3 is 5.97 Å². The lowest BCUT2D eigenvalue weighted by Gasteiger charge is -2.44. The molecule has 0 radical (unpaired) electrons. The average Bonchev–Trinajstić information content (AvgIpc) is 2.70. The molecule has 168 valence electrons. The topological polar surface area (TPSA) is 71.8 Å². The van der Waals surface area contributed by atoms with Gasteiger partial charge in [-0.25, -0.2) is 13.6 Å². The number of fused-ring (bicyclic) bond motifs is 1. The first kappa shape index (κ1) is 22.8. The van der Waals surface area contributed by atoms with Crippen LogP contribution in [0.3, 0.4) is 0 Å². The summed E-state index contributed by atoms with van der Waals surface area (Å²) in [6, 6.07) is 1.30. The van der Waals surface area contributed by atoms with Crippen LogP contribution in [-0.2, 0) is 4.74 Å². The number of pyridine rings is 1. The summed E-state index contributed by atoms with van der Waals surface area (Å²) in [7, 11) is 1.92. The molecule has 8 heteroatoms. The first-order valence-corrected chi connectivity index (χ1v) is 10.2. The quantitative estimate of drug-likeness (QED) is 0.760. The fraction of sp³-hybridized carbons (Fsp3) is 0.478. The number of likely N-dealkylation sites (N-methyl/N-ethyl adjacent to an activating group) is 1. The molecule has 0 saturated heterocycles. The summed E-state index contributed by atoms with van der Waals surface area (Å²) < 4.78 is 33.0. The number of alkyl halides is 2. The van der Waals surface area contributed by atoms with Crippen LogP contribution in [0.2, 0.25) is 0 Å². The molecule has 2 atom stereocenters. The van der Waals surface area contributed by atoms with Crippen LogP contribution in [0.5, 0.6) is 0 Å². The van der Waals surface area contributed by atoms with Crippen molar-refractivity contribution < 1.29 is 23.4 Å². The molecular formula is C23H28F2N2O4. The molecule has 3 rings (SSSR count). The maximum Gasteiger partial charge on any atom is 0.341 e. The Labute approximate surface area is 180 Å². The van der Waals surface area contributed by atoms with Crippen molar-refractivity contribution in [2.75, 3.05) is 26.9 Å². The SMILES string of the molecule is CN1CC(C(C)(C)C)n2cc(C(=O)O)c(=O)cc2/C1=C1\C=CC=C(OCC(F)CF)C1. The number of hydrogen-bond acceptors (Lipinski definition) is 4. The molecule has 0 fully saturated rings. The van der Waals surface area contributed by atoms with Crippen molar-refractivity contribution in [2.24, 2.45) is 5.41 Å². The second kappa shape index (κ2) is 8.69. The standard InChI is InChI=1S/C23H28F2N2O4/c1-23(2,3)20-12-26(4)21(18-9-19(28)17(22(29)30)11-27(18)20)14-6-5-7-16(8-14)31-13-15(25)10-24/h5-7,9,11,15,20H,8,10,12-13H2,1-4H3,(H,29,30)/b21-14-. The third-order valence-electron chi connectivity index (χ3n) is 5.58. The van der Waals surface area contributed by atoms with Gasteiger partial charge in [-0.2, -0.15) is 0 Å². The first-order chi connectivity index (χ1) is 14.5. The highest BCUT2D eigenvalue weighted by Gasteiger charge is 2.36. The van der Waals surface area contributed by atoms with Crippen molar-refractivity contribution in [3.8, 4) is 0 Å². The van der Waals surface area contributed by atoms with Gasteiger partial charge in [0.2, 0.25) is 0 Å². The zero-order valence-corrected chi connectivity index (χ0v) is 18.2. The summed E-state index contributed by atoms with van der Waals surface area (Å²) >= 11 is 0. The van der Waals surface area contributed by atoms with Crippen LogP contribution >= 0.6 is 0 Å². The Morgan fingerprint density at radius 3 is 2.71 bits per heavy atom. The Kier molecular flexibility index (Phi) is 6.38. The Hall–Kier alpha value is -2.90. The maximum absolute atomic E-state index is 13.2. The van der Waals surface area contributed by atoms with E-state index in [0.29, 0.717) is 24.4 Å². The number of carbonyl (C=O) groups is 1. The molecule has 0 bridgehead atoms. The number of carboxylic acid groups (broad SMARTS) is 1. The van der Waals surface area contributed by atoms with Gasteiger partial charge < -0.3 is 19.3 Å². The van der Waals surface area contributed by atoms with E-state index in [-0.39, 0.29) is 23.6 Å². The molecule has 1 N–H and O–H groups in total. The van der Waals surface area contributed by atoms with Gasteiger partial charge in [0.15, 0.2) is 11.6 Å². The van der Waals surface area contributed by atoms with Crippen LogP contribution in [0.25, 0.3) is 5.70 Å². The van der Waals surface area contributed by atoms with Crippen molar-refractivity contribution in [3.05, 3.63) is 63.3 Å². The molecule has 1 aromatic rings. The molecular weight excluding hydrogens is 406 g/mol. The summed E-state index contributed by atoms with van der Waals surface area (Å²) in [5, 5.41) is 9.45. The molecule has 2 heterocycles. The highest BCUT2D eigenvalue weighted by Crippen LogP contribution is 2.41. The highest BCUT2D eigenvalue weighted by molar-refractivity contribution is 5.87. The predicted molar refractivity (Wildman–Crippen MR) is 114 cm³/mol. The number of ether oxygens (including phenoxy) is 1. The number of nitrogens with zero attached hydrogens (tertiary/aromatic N) is 2. The summed E-state index contributed by atoms with van der Waals surface area (Å²) in [5.41, 5.74) is 1.23. The molecule has 6 nitrogen and oxygen atoms in total. The maximum atomic E-state index is 13.2. The van der Waals surface area contributed by atoms with Gasteiger partial charge in [0.1, 0.15) is 24.6 Å². The van der Waals surface area contributed by atoms with Crippen LogP contribution in [0, 0.1) is 5.41 Å². The zero-order valence-electron chi connectivity index (χ0n) is 18.2. The van der Waals surface area contributed by atoms with Gasteiger partial charge in [-0.15, -0.1) is 0 Å². The molecule has 0 saturated carbocycles. The summed E-state index contributed by atoms with van der Waals surface area (Å²) in [4.78, 5) is 26.2. The monoisotopic (exact) mass is 434 g/mol. The third kappa shape index (κ3) is 4.73. The minimum Gasteiger partial charge on any atom is -0.494 e. The predicted octanol–water partition coefficient (Wildman–Crippen LogP) is 3.96. The number of aromatic nitrogens is 1. The number of allylic oxidation sites excluding steroid dienone is 4. The fourth-order valence-electron chi connectivity index (χ4n) is 3.97. The van der Waals surface area contributed by atoms with Crippen molar-refractivity contribution >= 4 is 11.7 Å². The Bertz CT molecular complexity index is 1020. The van der Waals surface area contributed by atoms with Gasteiger partial charge in [0.05, 0.1) is 17.4 Å². The van der Waals surface area contributed by atoms with Crippen LogP contribution in [0.1, 0.15) is 49.3 Å². The van der Waals surface area contributed by atoms with E-state index in [4.69, 9.17) is 4.74 Å². The van der Waals surface area contributed by atoms with E-state index in [1.807, 2.05) is 22.6 Å². The molecule has 2 aliphatic rings. The molecule has 0 spiro atoms. The second-order valence-electron chi connectivity index (χ2n) is 9.02. The Morgan fingerprint density at radius 1 is 1.39 bits per heavy atom. The second-order valence-corrected chi connectivity index (χ2v) is 9.02. The normalized spacial score (nSPS) is 22.1. The van der Waals surface area contributed by atoms with Crippen LogP contribution in [0.15, 0.2) is 46.6 Å². The molecule has 0 amide bonds. The lowest BCUT2D eigenvalue weighted by Crippen LogP contribution is -2.42. The average molecular weight is 434 g/mol. The van der Waals surface area contributed by atoms with Crippen molar-refractivity contribution in [1.29, 1.82) is 0 Å². The highest BCUT2D eigenvalue weighted by atomic mass is 19.2. The van der Waals surface area contributed by atoms with Crippen LogP contribution in [-0.4, -0.2) is 53.6 Å². The molecule has 0 aromatic carbocycles. The summed E-state index contributed by atoms with van der Waals surface area (Å²) in [6.07, 6.45) is 5.46. The van der Waals surface area contributed by atoms with Gasteiger partial charge in [0, 0.05) is 32.3 Å². The van der Waals surface area contributed by atoms with Crippen molar-refractivity contribution in [1.82, 2.24) is 9.47 Å². The van der Waals surface area contributed by atoms with Gasteiger partial charge in [-0.3, -0.25) is 4.79 Å². The number of aromatic carboxylic acids is 1. The summed E-state index contributed by atoms with van der Waals surface area (Å²) in [5.74, 6) is -0.755. The largest absolute Gasteiger partial charge is 0.494 e. The fourth-order valence-corrected chi connectivity index (χ4v) is 3.97. The molecule has 1 aliphatic heterocycles. The molecule has 31 heavy (non-hydrogen) atoms. The Balaban J connectivity index is 2.09. The molecule has 2 unspecified atom stereocenters. The van der Waals surface area contributed by atoms with E-state index in [1.165, 1.54) is 12.3 Å². The number of halogens is 2. The minimum atomic E-state index is -1.68. The van der Waals surface area contributed by atoms with Gasteiger partial charge in [-0.1, -0.05) is 32.9 Å². The van der Waals surface area contributed by atoms with Crippen molar-refractivity contribution in [3.63, 3.8) is 0 Å². The zero-order chi connectivity index (χ0) is 22.9. The summed E-state index contributed by atoms with van der Waals surface area (Å²) in [6.45, 7) is 5.35. The van der Waals surface area contributed by atoms with E-state index < -0.39 is 24.2 Å². The van der Waals surface area contributed by atoms with Crippen molar-refractivity contribution in [2.45, 2.75) is 39.4 Å². The van der Waals surface area contributed by atoms with Gasteiger partial charge in [0.25, 0.3) is 0 Å². The van der Waals surface area contributed by atoms with Crippen LogP contribution in [0.4, 0.5) is 8.78 Å². The lowest BCUT2D eigenvalue weighted by molar-refractivity contribution is 0.0693. The molecule has 1 aromatic heterocycles. The molecule has 1 aliphatic carbocycles. The van der Waals surface area contributed by atoms with E-state index in [9.17, 15) is 23.5 Å². The number of rotatable bonds is 5. The van der Waals surface area contributed by atoms with E-state index in [1.54, 1.807) is 12.2 Å². The number of hydrogen-bond donors (Lipinski definition) is 1. The van der Waals surface area contributed by atoms with Gasteiger partial charge in [-0.05, 0) is 17.1 Å². The number of carboxylic acids is 1.